The summed E-state index contributed by atoms with van der Waals surface area (Å²) in [6.07, 6.45) is 2.75. The van der Waals surface area contributed by atoms with Gasteiger partial charge in [-0.25, -0.2) is 0 Å². The molecule has 3 N–H and O–H groups in total. The second-order valence-corrected chi connectivity index (χ2v) is 8.39. The Bertz CT molecular complexity index is 1270. The fraction of sp³-hybridized carbons (Fsp3) is 0.185. The minimum atomic E-state index is -0.247. The number of rotatable bonds is 9. The largest absolute Gasteiger partial charge is 0.361 e. The summed E-state index contributed by atoms with van der Waals surface area (Å²) in [4.78, 5) is 32.9. The zero-order valence-corrected chi connectivity index (χ0v) is 19.5. The number of carbonyl (C=O) groups excluding carboxylic acids is 2. The van der Waals surface area contributed by atoms with Crippen molar-refractivity contribution >= 4 is 45.7 Å². The summed E-state index contributed by atoms with van der Waals surface area (Å²) < 4.78 is 0. The third-order valence-electron chi connectivity index (χ3n) is 5.72. The first-order valence-electron chi connectivity index (χ1n) is 11.2. The number of nitrogens with two attached hydrogens (primary N) is 1. The van der Waals surface area contributed by atoms with Crippen molar-refractivity contribution in [2.45, 2.75) is 12.8 Å². The molecule has 0 saturated carbocycles. The van der Waals surface area contributed by atoms with Gasteiger partial charge in [-0.1, -0.05) is 60.1 Å². The number of hydrogen-bond acceptors (Lipinski definition) is 3. The maximum Gasteiger partial charge on any atom is 0.251 e. The molecule has 0 aliphatic rings. The van der Waals surface area contributed by atoms with E-state index in [1.165, 1.54) is 0 Å². The molecule has 4 aromatic rings. The molecule has 4 rings (SSSR count). The number of H-pyrrole nitrogens is 1. The van der Waals surface area contributed by atoms with Crippen molar-refractivity contribution in [1.29, 1.82) is 0 Å². The Balaban J connectivity index is 1.59. The standard InChI is InChI=1S/C27H27ClN4O2/c28-23-11-5-7-13-25(23)32(21-8-2-1-3-9-21)27(34)19-31(26(33)14-16-29)17-15-20-18-30-24-12-6-4-10-22(20)24/h1-13,18,30H,14-17,19,29H2. The van der Waals surface area contributed by atoms with Crippen LogP contribution in [0.15, 0.2) is 85.1 Å². The Morgan fingerprint density at radius 2 is 1.59 bits per heavy atom. The van der Waals surface area contributed by atoms with Crippen molar-refractivity contribution in [3.63, 3.8) is 0 Å². The third kappa shape index (κ3) is 5.30. The smallest absolute Gasteiger partial charge is 0.251 e. The van der Waals surface area contributed by atoms with E-state index in [9.17, 15) is 9.59 Å². The number of aromatic nitrogens is 1. The van der Waals surface area contributed by atoms with E-state index in [4.69, 9.17) is 17.3 Å². The molecule has 6 nitrogen and oxygen atoms in total. The molecule has 3 aromatic carbocycles. The zero-order chi connectivity index (χ0) is 23.9. The number of benzene rings is 3. The van der Waals surface area contributed by atoms with Crippen molar-refractivity contribution in [3.05, 3.63) is 95.6 Å². The number of anilines is 2. The first kappa shape index (κ1) is 23.5. The number of halogens is 1. The number of fused-ring (bicyclic) bond motifs is 1. The van der Waals surface area contributed by atoms with Crippen molar-refractivity contribution in [2.75, 3.05) is 24.5 Å². The Morgan fingerprint density at radius 1 is 0.882 bits per heavy atom. The lowest BCUT2D eigenvalue weighted by molar-refractivity contribution is -0.134. The second-order valence-electron chi connectivity index (χ2n) is 7.98. The van der Waals surface area contributed by atoms with Gasteiger partial charge in [0, 0.05) is 42.3 Å². The molecule has 1 heterocycles. The molecule has 0 bridgehead atoms. The van der Waals surface area contributed by atoms with E-state index < -0.39 is 0 Å². The fourth-order valence-corrected chi connectivity index (χ4v) is 4.25. The molecular formula is C27H27ClN4O2. The Kier molecular flexibility index (Phi) is 7.62. The molecule has 34 heavy (non-hydrogen) atoms. The van der Waals surface area contributed by atoms with Crippen molar-refractivity contribution in [3.8, 4) is 0 Å². The molecule has 0 fully saturated rings. The molecule has 0 spiro atoms. The van der Waals surface area contributed by atoms with E-state index in [0.717, 1.165) is 16.5 Å². The predicted molar refractivity (Wildman–Crippen MR) is 137 cm³/mol. The van der Waals surface area contributed by atoms with Gasteiger partial charge in [0.1, 0.15) is 6.54 Å². The SMILES string of the molecule is NCCC(=O)N(CCc1c[nH]c2ccccc12)CC(=O)N(c1ccccc1)c1ccccc1Cl. The molecule has 0 atom stereocenters. The highest BCUT2D eigenvalue weighted by atomic mass is 35.5. The van der Waals surface area contributed by atoms with Gasteiger partial charge < -0.3 is 15.6 Å². The molecule has 174 valence electrons. The lowest BCUT2D eigenvalue weighted by atomic mass is 10.1. The summed E-state index contributed by atoms with van der Waals surface area (Å²) in [6.45, 7) is 0.544. The van der Waals surface area contributed by atoms with Crippen molar-refractivity contribution in [1.82, 2.24) is 9.88 Å². The van der Waals surface area contributed by atoms with Crippen molar-refractivity contribution in [2.24, 2.45) is 5.73 Å². The van der Waals surface area contributed by atoms with Crippen LogP contribution in [0, 0.1) is 0 Å². The van der Waals surface area contributed by atoms with Crippen LogP contribution in [0.3, 0.4) is 0 Å². The lowest BCUT2D eigenvalue weighted by Gasteiger charge is -2.28. The van der Waals surface area contributed by atoms with Crippen LogP contribution < -0.4 is 10.6 Å². The van der Waals surface area contributed by atoms with Crippen LogP contribution >= 0.6 is 11.6 Å². The van der Waals surface area contributed by atoms with Gasteiger partial charge in [-0.3, -0.25) is 14.5 Å². The number of para-hydroxylation sites is 3. The number of aromatic amines is 1. The minimum Gasteiger partial charge on any atom is -0.361 e. The summed E-state index contributed by atoms with van der Waals surface area (Å²) in [7, 11) is 0. The molecule has 7 heteroatoms. The maximum atomic E-state index is 13.6. The molecule has 0 aliphatic carbocycles. The van der Waals surface area contributed by atoms with Gasteiger partial charge >= 0.3 is 0 Å². The molecule has 0 aliphatic heterocycles. The minimum absolute atomic E-state index is 0.0820. The van der Waals surface area contributed by atoms with Crippen LogP contribution in [0.2, 0.25) is 5.02 Å². The Hall–Kier alpha value is -3.61. The molecule has 0 radical (unpaired) electrons. The van der Waals surface area contributed by atoms with E-state index >= 15 is 0 Å². The summed E-state index contributed by atoms with van der Waals surface area (Å²) in [5.74, 6) is -0.397. The Labute approximate surface area is 203 Å². The van der Waals surface area contributed by atoms with Crippen molar-refractivity contribution < 1.29 is 9.59 Å². The average molecular weight is 475 g/mol. The van der Waals surface area contributed by atoms with Gasteiger partial charge in [-0.2, -0.15) is 0 Å². The molecule has 0 unspecified atom stereocenters. The quantitative estimate of drug-likeness (QED) is 0.361. The molecule has 2 amide bonds. The van der Waals surface area contributed by atoms with Gasteiger partial charge in [0.05, 0.1) is 10.7 Å². The summed E-state index contributed by atoms with van der Waals surface area (Å²) in [6, 6.07) is 24.5. The van der Waals surface area contributed by atoms with Gasteiger partial charge in [0.25, 0.3) is 5.91 Å². The molecule has 0 saturated heterocycles. The van der Waals surface area contributed by atoms with Gasteiger partial charge in [0.2, 0.25) is 5.91 Å². The van der Waals surface area contributed by atoms with Gasteiger partial charge in [-0.15, -0.1) is 0 Å². The number of amides is 2. The van der Waals surface area contributed by atoms with E-state index in [-0.39, 0.29) is 31.3 Å². The second kappa shape index (κ2) is 11.0. The highest BCUT2D eigenvalue weighted by molar-refractivity contribution is 6.34. The highest BCUT2D eigenvalue weighted by Crippen LogP contribution is 2.32. The lowest BCUT2D eigenvalue weighted by Crippen LogP contribution is -2.43. The maximum absolute atomic E-state index is 13.6. The number of nitrogens with one attached hydrogen (secondary N) is 1. The van der Waals surface area contributed by atoms with Crippen LogP contribution in [0.1, 0.15) is 12.0 Å². The van der Waals surface area contributed by atoms with Crippen LogP contribution in [0.25, 0.3) is 10.9 Å². The van der Waals surface area contributed by atoms with E-state index in [1.54, 1.807) is 21.9 Å². The van der Waals surface area contributed by atoms with Gasteiger partial charge in [0.15, 0.2) is 0 Å². The van der Waals surface area contributed by atoms with Crippen LogP contribution in [0.4, 0.5) is 11.4 Å². The topological polar surface area (TPSA) is 82.4 Å². The summed E-state index contributed by atoms with van der Waals surface area (Å²) >= 11 is 6.45. The first-order chi connectivity index (χ1) is 16.6. The van der Waals surface area contributed by atoms with Crippen LogP contribution in [0.5, 0.6) is 0 Å². The number of nitrogens with zero attached hydrogens (tertiary/aromatic N) is 2. The fourth-order valence-electron chi connectivity index (χ4n) is 4.03. The van der Waals surface area contributed by atoms with E-state index in [2.05, 4.69) is 4.98 Å². The summed E-state index contributed by atoms with van der Waals surface area (Å²) in [5.41, 5.74) is 9.06. The van der Waals surface area contributed by atoms with Crippen LogP contribution in [-0.4, -0.2) is 41.3 Å². The first-order valence-corrected chi connectivity index (χ1v) is 11.6. The summed E-state index contributed by atoms with van der Waals surface area (Å²) in [5, 5.41) is 1.57. The zero-order valence-electron chi connectivity index (χ0n) is 18.8. The third-order valence-corrected chi connectivity index (χ3v) is 6.04. The average Bonchev–Trinajstić information content (AvgIpc) is 3.27. The van der Waals surface area contributed by atoms with E-state index in [0.29, 0.717) is 29.4 Å². The number of carbonyl (C=O) groups is 2. The van der Waals surface area contributed by atoms with E-state index in [1.807, 2.05) is 72.9 Å². The Morgan fingerprint density at radius 3 is 2.35 bits per heavy atom. The predicted octanol–water partition coefficient (Wildman–Crippen LogP) is 4.91. The molecular weight excluding hydrogens is 448 g/mol. The number of hydrogen-bond donors (Lipinski definition) is 2. The van der Waals surface area contributed by atoms with Crippen LogP contribution in [-0.2, 0) is 16.0 Å². The monoisotopic (exact) mass is 474 g/mol. The normalized spacial score (nSPS) is 10.9. The molecule has 1 aromatic heterocycles. The highest BCUT2D eigenvalue weighted by Gasteiger charge is 2.24. The van der Waals surface area contributed by atoms with Gasteiger partial charge in [-0.05, 0) is 42.3 Å².